The van der Waals surface area contributed by atoms with Crippen LogP contribution in [0, 0.1) is 13.8 Å². The Morgan fingerprint density at radius 2 is 2.00 bits per heavy atom. The topological polar surface area (TPSA) is 47.0 Å². The number of hydrogen-bond donors (Lipinski definition) is 1. The minimum Gasteiger partial charge on any atom is -0.381 e. The van der Waals surface area contributed by atoms with Crippen LogP contribution in [0.25, 0.3) is 0 Å². The summed E-state index contributed by atoms with van der Waals surface area (Å²) in [5, 5.41) is 3.35. The van der Waals surface area contributed by atoms with E-state index in [0.717, 1.165) is 62.8 Å². The molecule has 0 aromatic carbocycles. The second-order valence-corrected chi connectivity index (χ2v) is 5.25. The van der Waals surface area contributed by atoms with Crippen molar-refractivity contribution in [2.75, 3.05) is 26.3 Å². The molecule has 4 heteroatoms. The van der Waals surface area contributed by atoms with E-state index in [2.05, 4.69) is 26.1 Å². The number of nitrogens with zero attached hydrogens (tertiary/aromatic N) is 2. The Hall–Kier alpha value is -1.00. The van der Waals surface area contributed by atoms with Crippen LogP contribution in [-0.4, -0.2) is 36.3 Å². The highest BCUT2D eigenvalue weighted by Crippen LogP contribution is 2.24. The van der Waals surface area contributed by atoms with E-state index < -0.39 is 0 Å². The summed E-state index contributed by atoms with van der Waals surface area (Å²) in [4.78, 5) is 9.43. The van der Waals surface area contributed by atoms with Gasteiger partial charge in [-0.15, -0.1) is 0 Å². The van der Waals surface area contributed by atoms with Crippen LogP contribution in [-0.2, 0) is 11.2 Å². The molecule has 1 aromatic rings. The first-order valence-electron chi connectivity index (χ1n) is 7.34. The fourth-order valence-corrected chi connectivity index (χ4v) is 2.64. The summed E-state index contributed by atoms with van der Waals surface area (Å²) in [6, 6.07) is 0. The SMILES string of the molecule is CCNCCc1c(C)nc(C2CCCOC2)nc1C. The Morgan fingerprint density at radius 1 is 1.26 bits per heavy atom. The largest absolute Gasteiger partial charge is 0.381 e. The average Bonchev–Trinajstić information content (AvgIpc) is 2.43. The Kier molecular flexibility index (Phi) is 5.28. The molecule has 1 aromatic heterocycles. The van der Waals surface area contributed by atoms with Gasteiger partial charge in [-0.2, -0.15) is 0 Å². The third kappa shape index (κ3) is 3.74. The number of nitrogens with one attached hydrogen (secondary N) is 1. The van der Waals surface area contributed by atoms with E-state index in [1.54, 1.807) is 0 Å². The summed E-state index contributed by atoms with van der Waals surface area (Å²) in [6.07, 6.45) is 3.27. The molecule has 0 spiro atoms. The van der Waals surface area contributed by atoms with Gasteiger partial charge < -0.3 is 10.1 Å². The third-order valence-electron chi connectivity index (χ3n) is 3.77. The minimum atomic E-state index is 0.383. The van der Waals surface area contributed by atoms with Gasteiger partial charge in [0, 0.05) is 23.9 Å². The Morgan fingerprint density at radius 3 is 2.58 bits per heavy atom. The number of rotatable bonds is 5. The van der Waals surface area contributed by atoms with E-state index in [1.807, 2.05) is 0 Å². The van der Waals surface area contributed by atoms with E-state index in [1.165, 1.54) is 5.56 Å². The summed E-state index contributed by atoms with van der Waals surface area (Å²) >= 11 is 0. The highest BCUT2D eigenvalue weighted by molar-refractivity contribution is 5.25. The maximum atomic E-state index is 5.54. The van der Waals surface area contributed by atoms with Crippen molar-refractivity contribution in [1.29, 1.82) is 0 Å². The molecule has 4 nitrogen and oxygen atoms in total. The molecule has 1 N–H and O–H groups in total. The van der Waals surface area contributed by atoms with Crippen LogP contribution in [0.15, 0.2) is 0 Å². The van der Waals surface area contributed by atoms with Gasteiger partial charge >= 0.3 is 0 Å². The summed E-state index contributed by atoms with van der Waals surface area (Å²) in [5.74, 6) is 1.36. The summed E-state index contributed by atoms with van der Waals surface area (Å²) in [5.41, 5.74) is 3.55. The lowest BCUT2D eigenvalue weighted by Crippen LogP contribution is -2.21. The van der Waals surface area contributed by atoms with Gasteiger partial charge in [-0.3, -0.25) is 0 Å². The molecule has 0 amide bonds. The van der Waals surface area contributed by atoms with Gasteiger partial charge in [-0.25, -0.2) is 9.97 Å². The quantitative estimate of drug-likeness (QED) is 0.827. The van der Waals surface area contributed by atoms with Crippen molar-refractivity contribution in [3.8, 4) is 0 Å². The number of aryl methyl sites for hydroxylation is 2. The fourth-order valence-electron chi connectivity index (χ4n) is 2.64. The summed E-state index contributed by atoms with van der Waals surface area (Å²) < 4.78 is 5.54. The van der Waals surface area contributed by atoms with E-state index in [9.17, 15) is 0 Å². The highest BCUT2D eigenvalue weighted by Gasteiger charge is 2.20. The van der Waals surface area contributed by atoms with Crippen LogP contribution in [0.3, 0.4) is 0 Å². The minimum absolute atomic E-state index is 0.383. The molecule has 0 radical (unpaired) electrons. The Labute approximate surface area is 116 Å². The van der Waals surface area contributed by atoms with Gasteiger partial charge in [-0.05, 0) is 51.8 Å². The molecule has 0 bridgehead atoms. The molecule has 2 heterocycles. The molecule has 19 heavy (non-hydrogen) atoms. The first kappa shape index (κ1) is 14.4. The van der Waals surface area contributed by atoms with Crippen LogP contribution < -0.4 is 5.32 Å². The number of hydrogen-bond acceptors (Lipinski definition) is 4. The predicted octanol–water partition coefficient (Wildman–Crippen LogP) is 2.14. The molecule has 2 rings (SSSR count). The van der Waals surface area contributed by atoms with E-state index in [0.29, 0.717) is 5.92 Å². The smallest absolute Gasteiger partial charge is 0.134 e. The van der Waals surface area contributed by atoms with Gasteiger partial charge in [0.25, 0.3) is 0 Å². The maximum absolute atomic E-state index is 5.54. The van der Waals surface area contributed by atoms with Crippen LogP contribution in [0.1, 0.15) is 48.5 Å². The van der Waals surface area contributed by atoms with Gasteiger partial charge in [0.05, 0.1) is 6.61 Å². The standard InChI is InChI=1S/C15H25N3O/c1-4-16-8-7-14-11(2)17-15(18-12(14)3)13-6-5-9-19-10-13/h13,16H,4-10H2,1-3H3. The lowest BCUT2D eigenvalue weighted by molar-refractivity contribution is 0.0779. The highest BCUT2D eigenvalue weighted by atomic mass is 16.5. The van der Waals surface area contributed by atoms with E-state index in [4.69, 9.17) is 14.7 Å². The third-order valence-corrected chi connectivity index (χ3v) is 3.77. The van der Waals surface area contributed by atoms with Gasteiger partial charge in [0.2, 0.25) is 0 Å². The Bertz CT molecular complexity index is 391. The van der Waals surface area contributed by atoms with Crippen LogP contribution in [0.4, 0.5) is 0 Å². The molecule has 106 valence electrons. The molecule has 1 fully saturated rings. The normalized spacial score (nSPS) is 19.6. The average molecular weight is 263 g/mol. The molecular weight excluding hydrogens is 238 g/mol. The van der Waals surface area contributed by atoms with E-state index >= 15 is 0 Å². The van der Waals surface area contributed by atoms with Crippen LogP contribution in [0.2, 0.25) is 0 Å². The predicted molar refractivity (Wildman–Crippen MR) is 76.5 cm³/mol. The summed E-state index contributed by atoms with van der Waals surface area (Å²) in [7, 11) is 0. The Balaban J connectivity index is 2.11. The second-order valence-electron chi connectivity index (χ2n) is 5.25. The molecule has 0 saturated carbocycles. The van der Waals surface area contributed by atoms with Gasteiger partial charge in [-0.1, -0.05) is 6.92 Å². The maximum Gasteiger partial charge on any atom is 0.134 e. The molecule has 0 aliphatic carbocycles. The number of aromatic nitrogens is 2. The van der Waals surface area contributed by atoms with Crippen LogP contribution >= 0.6 is 0 Å². The molecule has 1 aliphatic heterocycles. The molecule has 1 atom stereocenters. The fraction of sp³-hybridized carbons (Fsp3) is 0.733. The van der Waals surface area contributed by atoms with E-state index in [-0.39, 0.29) is 0 Å². The van der Waals surface area contributed by atoms with Crippen molar-refractivity contribution in [3.63, 3.8) is 0 Å². The summed E-state index contributed by atoms with van der Waals surface area (Å²) in [6.45, 7) is 9.99. The van der Waals surface area contributed by atoms with Crippen molar-refractivity contribution in [3.05, 3.63) is 22.8 Å². The first-order valence-corrected chi connectivity index (χ1v) is 7.34. The van der Waals surface area contributed by atoms with Crippen molar-refractivity contribution in [1.82, 2.24) is 15.3 Å². The first-order chi connectivity index (χ1) is 9.22. The van der Waals surface area contributed by atoms with Gasteiger partial charge in [0.1, 0.15) is 5.82 Å². The molecule has 1 aliphatic rings. The zero-order valence-electron chi connectivity index (χ0n) is 12.3. The van der Waals surface area contributed by atoms with Crippen molar-refractivity contribution < 1.29 is 4.74 Å². The molecule has 1 unspecified atom stereocenters. The molecule has 1 saturated heterocycles. The lowest BCUT2D eigenvalue weighted by atomic mass is 10.0. The van der Waals surface area contributed by atoms with Crippen molar-refractivity contribution >= 4 is 0 Å². The molecular formula is C15H25N3O. The second kappa shape index (κ2) is 6.96. The zero-order valence-corrected chi connectivity index (χ0v) is 12.3. The number of ether oxygens (including phenoxy) is 1. The number of likely N-dealkylation sites (N-methyl/N-ethyl adjacent to an activating group) is 1. The lowest BCUT2D eigenvalue weighted by Gasteiger charge is -2.22. The van der Waals surface area contributed by atoms with Crippen molar-refractivity contribution in [2.24, 2.45) is 0 Å². The van der Waals surface area contributed by atoms with Crippen molar-refractivity contribution in [2.45, 2.75) is 46.0 Å². The monoisotopic (exact) mass is 263 g/mol. The van der Waals surface area contributed by atoms with Gasteiger partial charge in [0.15, 0.2) is 0 Å². The zero-order chi connectivity index (χ0) is 13.7. The van der Waals surface area contributed by atoms with Crippen LogP contribution in [0.5, 0.6) is 0 Å².